The molecule has 0 saturated heterocycles. The Morgan fingerprint density at radius 3 is 2.29 bits per heavy atom. The molecule has 8 heteroatoms. The van der Waals surface area contributed by atoms with Gasteiger partial charge in [0.15, 0.2) is 11.5 Å². The predicted molar refractivity (Wildman–Crippen MR) is 69.7 cm³/mol. The van der Waals surface area contributed by atoms with Gasteiger partial charge in [-0.3, -0.25) is 0 Å². The molecule has 0 bridgehead atoms. The van der Waals surface area contributed by atoms with Gasteiger partial charge in [0.25, 0.3) is 0 Å². The maximum Gasteiger partial charge on any atom is 0.573 e. The Bertz CT molecular complexity index is 662. The zero-order chi connectivity index (χ0) is 15.6. The summed E-state index contributed by atoms with van der Waals surface area (Å²) in [6.07, 6.45) is -4.81. The van der Waals surface area contributed by atoms with Crippen molar-refractivity contribution in [2.45, 2.75) is 20.2 Å². The van der Waals surface area contributed by atoms with Crippen LogP contribution in [0, 0.1) is 13.8 Å². The van der Waals surface area contributed by atoms with Crippen molar-refractivity contribution in [2.75, 3.05) is 0 Å². The molecule has 2 aromatic rings. The van der Waals surface area contributed by atoms with E-state index in [1.165, 1.54) is 18.2 Å². The topological polar surface area (TPSA) is 44.2 Å². The molecule has 112 valence electrons. The van der Waals surface area contributed by atoms with E-state index >= 15 is 0 Å². The summed E-state index contributed by atoms with van der Waals surface area (Å²) in [5.41, 5.74) is 0.420. The second-order valence-electron chi connectivity index (χ2n) is 4.09. The van der Waals surface area contributed by atoms with Crippen LogP contribution in [0.4, 0.5) is 13.2 Å². The molecule has 21 heavy (non-hydrogen) atoms. The first-order chi connectivity index (χ1) is 9.76. The minimum absolute atomic E-state index is 0.0747. The van der Waals surface area contributed by atoms with Gasteiger partial charge in [-0.25, -0.2) is 4.98 Å². The monoisotopic (exact) mass is 318 g/mol. The van der Waals surface area contributed by atoms with Gasteiger partial charge in [0.1, 0.15) is 11.0 Å². The van der Waals surface area contributed by atoms with Crippen LogP contribution in [0.25, 0.3) is 0 Å². The fourth-order valence-corrected chi connectivity index (χ4v) is 1.72. The highest BCUT2D eigenvalue weighted by atomic mass is 35.5. The summed E-state index contributed by atoms with van der Waals surface area (Å²) in [5.74, 6) is -0.163. The van der Waals surface area contributed by atoms with E-state index in [0.29, 0.717) is 11.4 Å². The standard InChI is InChI=1S/C13H10ClF3N2O2/c1-7-11(14)18-8(2)19-12(7)20-9-5-3-4-6-10(9)21-13(15,16)17/h3-6H,1-2H3. The molecular formula is C13H10ClF3N2O2. The molecule has 0 atom stereocenters. The highest BCUT2D eigenvalue weighted by Crippen LogP contribution is 2.36. The first-order valence-electron chi connectivity index (χ1n) is 5.79. The Morgan fingerprint density at radius 1 is 1.05 bits per heavy atom. The average molecular weight is 319 g/mol. The molecule has 0 radical (unpaired) electrons. The lowest BCUT2D eigenvalue weighted by atomic mass is 10.3. The molecule has 0 saturated carbocycles. The molecule has 0 unspecified atom stereocenters. The van der Waals surface area contributed by atoms with Gasteiger partial charge in [0, 0.05) is 5.56 Å². The number of nitrogens with zero attached hydrogens (tertiary/aromatic N) is 2. The Labute approximate surface area is 123 Å². The maximum absolute atomic E-state index is 12.3. The van der Waals surface area contributed by atoms with Crippen molar-refractivity contribution in [3.63, 3.8) is 0 Å². The lowest BCUT2D eigenvalue weighted by molar-refractivity contribution is -0.275. The Balaban J connectivity index is 2.36. The highest BCUT2D eigenvalue weighted by molar-refractivity contribution is 6.30. The van der Waals surface area contributed by atoms with Crippen LogP contribution in [0.2, 0.25) is 5.15 Å². The number of aromatic nitrogens is 2. The number of aryl methyl sites for hydroxylation is 1. The molecule has 0 amide bonds. The van der Waals surface area contributed by atoms with Gasteiger partial charge in [0.05, 0.1) is 0 Å². The van der Waals surface area contributed by atoms with E-state index in [2.05, 4.69) is 14.7 Å². The largest absolute Gasteiger partial charge is 0.573 e. The smallest absolute Gasteiger partial charge is 0.435 e. The van der Waals surface area contributed by atoms with Crippen molar-refractivity contribution in [1.29, 1.82) is 0 Å². The van der Waals surface area contributed by atoms with Gasteiger partial charge in [-0.1, -0.05) is 23.7 Å². The molecular weight excluding hydrogens is 309 g/mol. The molecule has 0 aliphatic heterocycles. The third-order valence-electron chi connectivity index (χ3n) is 2.44. The molecule has 4 nitrogen and oxygen atoms in total. The number of hydrogen-bond donors (Lipinski definition) is 0. The first kappa shape index (κ1) is 15.4. The Morgan fingerprint density at radius 2 is 1.67 bits per heavy atom. The zero-order valence-corrected chi connectivity index (χ0v) is 11.8. The number of para-hydroxylation sites is 2. The summed E-state index contributed by atoms with van der Waals surface area (Å²) in [4.78, 5) is 7.93. The molecule has 1 aromatic heterocycles. The van der Waals surface area contributed by atoms with Crippen molar-refractivity contribution < 1.29 is 22.6 Å². The quantitative estimate of drug-likeness (QED) is 0.785. The molecule has 1 heterocycles. The molecule has 0 fully saturated rings. The van der Waals surface area contributed by atoms with Gasteiger partial charge in [0.2, 0.25) is 5.88 Å². The van der Waals surface area contributed by atoms with Crippen molar-refractivity contribution in [3.8, 4) is 17.4 Å². The summed E-state index contributed by atoms with van der Waals surface area (Å²) >= 11 is 5.89. The SMILES string of the molecule is Cc1nc(Cl)c(C)c(Oc2ccccc2OC(F)(F)F)n1. The van der Waals surface area contributed by atoms with Crippen LogP contribution in [0.1, 0.15) is 11.4 Å². The second kappa shape index (κ2) is 5.77. The molecule has 0 spiro atoms. The summed E-state index contributed by atoms with van der Waals surface area (Å²) in [7, 11) is 0. The van der Waals surface area contributed by atoms with Gasteiger partial charge in [-0.2, -0.15) is 4.98 Å². The Kier molecular flexibility index (Phi) is 4.22. The summed E-state index contributed by atoms with van der Waals surface area (Å²) in [5, 5.41) is 0.173. The minimum atomic E-state index is -4.81. The number of ether oxygens (including phenoxy) is 2. The maximum atomic E-state index is 12.3. The third kappa shape index (κ3) is 3.98. The van der Waals surface area contributed by atoms with E-state index in [1.807, 2.05) is 0 Å². The van der Waals surface area contributed by atoms with E-state index in [1.54, 1.807) is 13.8 Å². The van der Waals surface area contributed by atoms with Crippen molar-refractivity contribution in [1.82, 2.24) is 9.97 Å². The molecule has 0 aliphatic rings. The van der Waals surface area contributed by atoms with Gasteiger partial charge >= 0.3 is 6.36 Å². The number of benzene rings is 1. The van der Waals surface area contributed by atoms with E-state index in [-0.39, 0.29) is 16.8 Å². The van der Waals surface area contributed by atoms with Crippen LogP contribution in [-0.4, -0.2) is 16.3 Å². The van der Waals surface area contributed by atoms with E-state index in [4.69, 9.17) is 16.3 Å². The number of rotatable bonds is 3. The summed E-state index contributed by atoms with van der Waals surface area (Å²) < 4.78 is 46.3. The Hall–Kier alpha value is -2.02. The van der Waals surface area contributed by atoms with Gasteiger partial charge in [-0.15, -0.1) is 13.2 Å². The summed E-state index contributed by atoms with van der Waals surface area (Å²) in [6.45, 7) is 3.20. The van der Waals surface area contributed by atoms with Crippen LogP contribution < -0.4 is 9.47 Å². The predicted octanol–water partition coefficient (Wildman–Crippen LogP) is 4.44. The fourth-order valence-electron chi connectivity index (χ4n) is 1.52. The van der Waals surface area contributed by atoms with Gasteiger partial charge < -0.3 is 9.47 Å². The molecule has 2 rings (SSSR count). The number of hydrogen-bond acceptors (Lipinski definition) is 4. The lowest BCUT2D eigenvalue weighted by Crippen LogP contribution is -2.17. The van der Waals surface area contributed by atoms with E-state index in [0.717, 1.165) is 6.07 Å². The van der Waals surface area contributed by atoms with Gasteiger partial charge in [-0.05, 0) is 26.0 Å². The van der Waals surface area contributed by atoms with Crippen molar-refractivity contribution >= 4 is 11.6 Å². The number of alkyl halides is 3. The van der Waals surface area contributed by atoms with Crippen LogP contribution in [0.3, 0.4) is 0 Å². The van der Waals surface area contributed by atoms with Crippen molar-refractivity contribution in [3.05, 3.63) is 40.8 Å². The van der Waals surface area contributed by atoms with Crippen molar-refractivity contribution in [2.24, 2.45) is 0 Å². The molecule has 0 aliphatic carbocycles. The van der Waals surface area contributed by atoms with E-state index in [9.17, 15) is 13.2 Å². The normalized spacial score (nSPS) is 11.3. The van der Waals surface area contributed by atoms with Crippen LogP contribution in [-0.2, 0) is 0 Å². The number of halogens is 4. The average Bonchev–Trinajstić information content (AvgIpc) is 2.36. The van der Waals surface area contributed by atoms with Crippen LogP contribution in [0.15, 0.2) is 24.3 Å². The first-order valence-corrected chi connectivity index (χ1v) is 6.17. The van der Waals surface area contributed by atoms with E-state index < -0.39 is 12.1 Å². The minimum Gasteiger partial charge on any atom is -0.435 e. The lowest BCUT2D eigenvalue weighted by Gasteiger charge is -2.14. The van der Waals surface area contributed by atoms with Crippen LogP contribution >= 0.6 is 11.6 Å². The molecule has 1 aromatic carbocycles. The third-order valence-corrected chi connectivity index (χ3v) is 2.80. The van der Waals surface area contributed by atoms with Crippen LogP contribution in [0.5, 0.6) is 17.4 Å². The molecule has 0 N–H and O–H groups in total. The second-order valence-corrected chi connectivity index (χ2v) is 4.45. The highest BCUT2D eigenvalue weighted by Gasteiger charge is 2.32. The zero-order valence-electron chi connectivity index (χ0n) is 11.0. The fraction of sp³-hybridized carbons (Fsp3) is 0.231. The summed E-state index contributed by atoms with van der Waals surface area (Å²) in [6, 6.07) is 5.40.